The summed E-state index contributed by atoms with van der Waals surface area (Å²) in [5.41, 5.74) is 3.54. The summed E-state index contributed by atoms with van der Waals surface area (Å²) in [6.45, 7) is 2.05. The van der Waals surface area contributed by atoms with Crippen molar-refractivity contribution in [2.75, 3.05) is 31.3 Å². The number of aromatic nitrogens is 5. The van der Waals surface area contributed by atoms with Crippen LogP contribution >= 0.6 is 0 Å². The van der Waals surface area contributed by atoms with E-state index in [0.717, 1.165) is 33.5 Å². The van der Waals surface area contributed by atoms with Crippen LogP contribution in [0.4, 0.5) is 42.2 Å². The van der Waals surface area contributed by atoms with Crippen molar-refractivity contribution in [2.24, 2.45) is 0 Å². The van der Waals surface area contributed by atoms with Gasteiger partial charge in [-0.2, -0.15) is 26.3 Å². The number of carbonyl (C=O) groups excluding carboxylic acids is 2. The molecule has 8 rings (SSSR count). The predicted molar refractivity (Wildman–Crippen MR) is 224 cm³/mol. The molecule has 21 heteroatoms. The molecule has 0 aliphatic carbocycles. The first-order chi connectivity index (χ1) is 31.1. The minimum atomic E-state index is -5.20. The lowest BCUT2D eigenvalue weighted by Crippen LogP contribution is -2.44. The third kappa shape index (κ3) is 9.36. The summed E-state index contributed by atoms with van der Waals surface area (Å²) in [5.74, 6) is 3.21. The van der Waals surface area contributed by atoms with Crippen LogP contribution in [-0.2, 0) is 58.4 Å². The second-order valence-corrected chi connectivity index (χ2v) is 15.5. The van der Waals surface area contributed by atoms with Crippen molar-refractivity contribution in [3.8, 4) is 29.0 Å². The summed E-state index contributed by atoms with van der Waals surface area (Å²) in [6.07, 6.45) is -10.9. The predicted octanol–water partition coefficient (Wildman–Crippen LogP) is 6.10. The molecular weight excluding hydrogens is 882 g/mol. The Labute approximate surface area is 370 Å². The van der Waals surface area contributed by atoms with E-state index in [9.17, 15) is 55.3 Å². The van der Waals surface area contributed by atoms with Gasteiger partial charge in [-0.1, -0.05) is 12.8 Å². The monoisotopic (exact) mass is 918 g/mol. The van der Waals surface area contributed by atoms with Crippen molar-refractivity contribution >= 4 is 34.3 Å². The number of alkyl halides is 6. The number of halogens is 7. The highest BCUT2D eigenvalue weighted by molar-refractivity contribution is 5.95. The van der Waals surface area contributed by atoms with Gasteiger partial charge in [0.05, 0.1) is 58.8 Å². The molecule has 4 aromatic heterocycles. The number of cyclic esters (lactones) is 1. The number of nitrogens with two attached hydrogens (primary N) is 1. The van der Waals surface area contributed by atoms with Gasteiger partial charge in [0.15, 0.2) is 5.60 Å². The van der Waals surface area contributed by atoms with Crippen molar-refractivity contribution in [1.29, 1.82) is 0 Å². The van der Waals surface area contributed by atoms with E-state index in [2.05, 4.69) is 27.0 Å². The van der Waals surface area contributed by atoms with Crippen molar-refractivity contribution in [2.45, 2.75) is 57.4 Å². The zero-order chi connectivity index (χ0) is 47.9. The van der Waals surface area contributed by atoms with Crippen LogP contribution in [0.1, 0.15) is 58.1 Å². The largest absolute Gasteiger partial charge is 0.508 e. The Hall–Kier alpha value is -7.44. The van der Waals surface area contributed by atoms with Crippen LogP contribution in [0.5, 0.6) is 5.75 Å². The molecule has 14 nitrogen and oxygen atoms in total. The van der Waals surface area contributed by atoms with E-state index in [4.69, 9.17) is 15.5 Å². The number of fused-ring (bicyclic) bond motifs is 5. The smallest absolute Gasteiger partial charge is 0.418 e. The molecule has 6 heterocycles. The van der Waals surface area contributed by atoms with Gasteiger partial charge < -0.3 is 35.1 Å². The Morgan fingerprint density at radius 2 is 1.71 bits per heavy atom. The molecule has 1 atom stereocenters. The topological polar surface area (TPSA) is 190 Å². The first-order valence-electron chi connectivity index (χ1n) is 19.8. The number of hydrogen-bond donors (Lipinski definition) is 3. The first kappa shape index (κ1) is 46.5. The van der Waals surface area contributed by atoms with Gasteiger partial charge in [-0.25, -0.2) is 14.2 Å². The number of pyridine rings is 3. The van der Waals surface area contributed by atoms with Gasteiger partial charge in [0.2, 0.25) is 5.91 Å². The number of phenolic OH excluding ortho intramolecular Hbond substituents is 1. The van der Waals surface area contributed by atoms with Gasteiger partial charge in [0.1, 0.15) is 29.7 Å². The molecular formula is C45H37F7N8O6. The third-order valence-corrected chi connectivity index (χ3v) is 10.8. The number of aliphatic hydroxyl groups is 1. The van der Waals surface area contributed by atoms with Crippen LogP contribution in [0.2, 0.25) is 0 Å². The maximum atomic E-state index is 13.4. The highest BCUT2D eigenvalue weighted by Gasteiger charge is 2.45. The number of carbonyl (C=O) groups is 2. The highest BCUT2D eigenvalue weighted by Crippen LogP contribution is 2.40. The molecule has 1 amide bonds. The molecule has 0 bridgehead atoms. The second kappa shape index (κ2) is 17.9. The zero-order valence-corrected chi connectivity index (χ0v) is 35.1. The molecule has 4 N–H and O–H groups in total. The van der Waals surface area contributed by atoms with E-state index >= 15 is 0 Å². The van der Waals surface area contributed by atoms with Gasteiger partial charge >= 0.3 is 18.3 Å². The number of hydrogen-bond acceptors (Lipinski definition) is 12. The molecule has 0 fully saturated rings. The lowest BCUT2D eigenvalue weighted by atomic mass is 9.86. The molecule has 0 radical (unpaired) electrons. The van der Waals surface area contributed by atoms with Crippen LogP contribution in [0.15, 0.2) is 77.7 Å². The van der Waals surface area contributed by atoms with E-state index in [1.54, 1.807) is 29.7 Å². The molecule has 2 aliphatic rings. The molecule has 2 aliphatic heterocycles. The molecule has 6 aromatic rings. The average Bonchev–Trinajstić information content (AvgIpc) is 3.62. The number of rotatable bonds is 7. The Morgan fingerprint density at radius 3 is 2.35 bits per heavy atom. The second-order valence-electron chi connectivity index (χ2n) is 15.5. The molecule has 0 spiro atoms. The van der Waals surface area contributed by atoms with Gasteiger partial charge in [0.25, 0.3) is 5.56 Å². The number of anilines is 2. The van der Waals surface area contributed by atoms with Crippen molar-refractivity contribution < 1.29 is 55.3 Å². The lowest BCUT2D eigenvalue weighted by molar-refractivity contribution is -0.172. The Morgan fingerprint density at radius 1 is 0.985 bits per heavy atom. The molecule has 342 valence electrons. The van der Waals surface area contributed by atoms with Gasteiger partial charge in [0, 0.05) is 40.5 Å². The lowest BCUT2D eigenvalue weighted by Gasteiger charge is -2.31. The summed E-state index contributed by atoms with van der Waals surface area (Å²) in [7, 11) is 3.86. The fourth-order valence-electron chi connectivity index (χ4n) is 7.42. The van der Waals surface area contributed by atoms with Crippen molar-refractivity contribution in [1.82, 2.24) is 29.6 Å². The van der Waals surface area contributed by atoms with Gasteiger partial charge in [-0.05, 0) is 93.2 Å². The number of aromatic hydroxyl groups is 1. The molecule has 0 saturated carbocycles. The van der Waals surface area contributed by atoms with Crippen LogP contribution in [0.3, 0.4) is 0 Å². The van der Waals surface area contributed by atoms with Gasteiger partial charge in [-0.15, -0.1) is 10.2 Å². The van der Waals surface area contributed by atoms with Gasteiger partial charge in [-0.3, -0.25) is 14.6 Å². The van der Waals surface area contributed by atoms with Crippen LogP contribution in [0.25, 0.3) is 22.3 Å². The molecule has 2 aromatic carbocycles. The summed E-state index contributed by atoms with van der Waals surface area (Å²) in [5, 5.41) is 29.5. The van der Waals surface area contributed by atoms with Crippen LogP contribution in [-0.4, -0.2) is 72.4 Å². The third-order valence-electron chi connectivity index (χ3n) is 10.8. The van der Waals surface area contributed by atoms with E-state index in [1.807, 2.05) is 25.1 Å². The van der Waals surface area contributed by atoms with Crippen molar-refractivity contribution in [3.63, 3.8) is 0 Å². The minimum Gasteiger partial charge on any atom is -0.508 e. The first-order valence-corrected chi connectivity index (χ1v) is 19.8. The maximum absolute atomic E-state index is 13.4. The number of ether oxygens (including phenoxy) is 1. The summed E-state index contributed by atoms with van der Waals surface area (Å²) < 4.78 is 99.0. The number of nitrogen functional groups attached to an aromatic ring is 1. The van der Waals surface area contributed by atoms with E-state index < -0.39 is 58.9 Å². The molecule has 0 unspecified atom stereocenters. The quantitative estimate of drug-likeness (QED) is 0.0948. The summed E-state index contributed by atoms with van der Waals surface area (Å²) >= 11 is 0. The normalized spacial score (nSPS) is 15.2. The number of esters is 1. The molecule has 66 heavy (non-hydrogen) atoms. The number of nitrogens with zero attached hydrogens (tertiary/aromatic N) is 7. The summed E-state index contributed by atoms with van der Waals surface area (Å²) in [6, 6.07) is 14.3. The number of amides is 1. The van der Waals surface area contributed by atoms with Crippen LogP contribution in [0, 0.1) is 17.7 Å². The number of benzene rings is 2. The van der Waals surface area contributed by atoms with Crippen LogP contribution < -0.4 is 16.2 Å². The Bertz CT molecular complexity index is 3000. The van der Waals surface area contributed by atoms with E-state index in [-0.39, 0.29) is 60.3 Å². The van der Waals surface area contributed by atoms with Crippen molar-refractivity contribution in [3.05, 3.63) is 134 Å². The standard InChI is InChI=1S/C23H23N3O5.C22H14F7N5O/c1-4-23(30)16-8-18-20-12(9-26(18)21(28)15(16)11-31-22(23)29)7-13-14(10-25(2)3)19(27)6-5-17(13)24-20;23-14-3-6-16(7-4-14)34(9-1-2-15-5-8-19(30)33-32-15)20(35)11-18-17(22(27,28)29)10-13(12-31-18)21(24,25)26/h5-8,27,30H,4,9-11H2,1-3H3;3-8,10,12H,9,11H2,(H2,30,33)/t23-;/m0./s1. The SMILES string of the molecule is CC[C@@]1(O)C(=O)OCc2c1cc1n(c2=O)Cc2cc3c(CN(C)C)c(O)ccc3nc2-1.Nc1ccc(C#CCN(C(=O)Cc2ncc(C(F)(F)F)cc2C(F)(F)F)c2ccc(F)cc2)nn1. The average molecular weight is 919 g/mol. The Balaban J connectivity index is 0.000000197. The summed E-state index contributed by atoms with van der Waals surface area (Å²) in [4.78, 5) is 49.4. The highest BCUT2D eigenvalue weighted by atomic mass is 19.4. The molecule has 0 saturated heterocycles. The van der Waals surface area contributed by atoms with E-state index in [0.29, 0.717) is 41.1 Å². The maximum Gasteiger partial charge on any atom is 0.418 e. The minimum absolute atomic E-state index is 0.0922. The Kier molecular flexibility index (Phi) is 12.6. The fraction of sp³-hybridized carbons (Fsp3) is 0.267. The van der Waals surface area contributed by atoms with E-state index in [1.165, 1.54) is 24.3 Å². The zero-order valence-electron chi connectivity index (χ0n) is 35.1. The number of phenols is 1. The fourth-order valence-corrected chi connectivity index (χ4v) is 7.42.